The van der Waals surface area contributed by atoms with Gasteiger partial charge in [0.25, 0.3) is 0 Å². The Bertz CT molecular complexity index is 418. The van der Waals surface area contributed by atoms with Gasteiger partial charge in [0, 0.05) is 18.8 Å². The molecule has 0 aliphatic carbocycles. The second kappa shape index (κ2) is 6.55. The molecule has 1 heterocycles. The summed E-state index contributed by atoms with van der Waals surface area (Å²) in [7, 11) is 0. The molecule has 0 radical (unpaired) electrons. The summed E-state index contributed by atoms with van der Waals surface area (Å²) in [5, 5.41) is 14.5. The predicted molar refractivity (Wildman–Crippen MR) is 61.2 cm³/mol. The minimum atomic E-state index is -4.50. The molecule has 108 valence electrons. The van der Waals surface area contributed by atoms with Crippen molar-refractivity contribution < 1.29 is 23.1 Å². The van der Waals surface area contributed by atoms with Crippen LogP contribution in [0.2, 0.25) is 0 Å². The van der Waals surface area contributed by atoms with E-state index in [-0.39, 0.29) is 19.2 Å². The number of aromatic nitrogens is 2. The lowest BCUT2D eigenvalue weighted by Gasteiger charge is -2.13. The van der Waals surface area contributed by atoms with Gasteiger partial charge in [-0.25, -0.2) is 0 Å². The molecule has 1 atom stereocenters. The fourth-order valence-corrected chi connectivity index (χ4v) is 1.54. The van der Waals surface area contributed by atoms with Crippen molar-refractivity contribution in [3.05, 3.63) is 18.0 Å². The summed E-state index contributed by atoms with van der Waals surface area (Å²) in [6.45, 7) is 1.53. The first-order valence-corrected chi connectivity index (χ1v) is 5.84. The third-order valence-electron chi connectivity index (χ3n) is 2.44. The highest BCUT2D eigenvalue weighted by molar-refractivity contribution is 5.75. The summed E-state index contributed by atoms with van der Waals surface area (Å²) in [4.78, 5) is 11.5. The van der Waals surface area contributed by atoms with E-state index in [2.05, 4.69) is 10.4 Å². The lowest BCUT2D eigenvalue weighted by Crippen LogP contribution is -2.35. The van der Waals surface area contributed by atoms with Crippen molar-refractivity contribution >= 4 is 5.91 Å². The molecular weight excluding hydrogens is 263 g/mol. The lowest BCUT2D eigenvalue weighted by molar-refractivity contribution is -0.141. The second-order valence-electron chi connectivity index (χ2n) is 4.23. The number of halogens is 3. The average Bonchev–Trinajstić information content (AvgIpc) is 2.74. The highest BCUT2D eigenvalue weighted by Gasteiger charge is 2.33. The fourth-order valence-electron chi connectivity index (χ4n) is 1.54. The van der Waals surface area contributed by atoms with Gasteiger partial charge in [-0.2, -0.15) is 18.3 Å². The van der Waals surface area contributed by atoms with Gasteiger partial charge in [-0.3, -0.25) is 9.48 Å². The largest absolute Gasteiger partial charge is 0.435 e. The number of carbonyl (C=O) groups is 1. The second-order valence-corrected chi connectivity index (χ2v) is 4.23. The van der Waals surface area contributed by atoms with E-state index in [1.54, 1.807) is 6.92 Å². The van der Waals surface area contributed by atoms with Crippen molar-refractivity contribution in [1.82, 2.24) is 15.1 Å². The van der Waals surface area contributed by atoms with Crippen molar-refractivity contribution in [1.29, 1.82) is 0 Å². The summed E-state index contributed by atoms with van der Waals surface area (Å²) in [6, 6.07) is 0.681. The van der Waals surface area contributed by atoms with Crippen molar-refractivity contribution in [2.75, 3.05) is 6.61 Å². The summed E-state index contributed by atoms with van der Waals surface area (Å²) >= 11 is 0. The van der Waals surface area contributed by atoms with E-state index >= 15 is 0 Å². The van der Waals surface area contributed by atoms with Crippen LogP contribution < -0.4 is 5.32 Å². The standard InChI is InChI=1S/C11H16F3N3O2/c1-8(3-2-6-18)15-10(19)7-17-5-4-9(16-17)11(12,13)14/h4-5,8,18H,2-3,6-7H2,1H3,(H,15,19). The molecule has 19 heavy (non-hydrogen) atoms. The number of hydrogen-bond acceptors (Lipinski definition) is 3. The Labute approximate surface area is 108 Å². The van der Waals surface area contributed by atoms with E-state index in [1.807, 2.05) is 0 Å². The third kappa shape index (κ3) is 5.29. The van der Waals surface area contributed by atoms with Crippen LogP contribution in [0.5, 0.6) is 0 Å². The summed E-state index contributed by atoms with van der Waals surface area (Å²) < 4.78 is 37.8. The highest BCUT2D eigenvalue weighted by Crippen LogP contribution is 2.27. The molecule has 1 aromatic rings. The number of nitrogens with one attached hydrogen (secondary N) is 1. The fraction of sp³-hybridized carbons (Fsp3) is 0.636. The molecule has 0 aromatic carbocycles. The van der Waals surface area contributed by atoms with Crippen molar-refractivity contribution in [2.24, 2.45) is 0 Å². The molecule has 2 N–H and O–H groups in total. The van der Waals surface area contributed by atoms with Crippen molar-refractivity contribution in [2.45, 2.75) is 38.5 Å². The Kier molecular flexibility index (Phi) is 5.34. The van der Waals surface area contributed by atoms with Gasteiger partial charge in [0.05, 0.1) is 0 Å². The first kappa shape index (κ1) is 15.5. The number of aliphatic hydroxyl groups is 1. The summed E-state index contributed by atoms with van der Waals surface area (Å²) in [5.74, 6) is -0.415. The van der Waals surface area contributed by atoms with E-state index in [0.29, 0.717) is 12.8 Å². The number of carbonyl (C=O) groups excluding carboxylic acids is 1. The Morgan fingerprint density at radius 2 is 2.26 bits per heavy atom. The van der Waals surface area contributed by atoms with Crippen LogP contribution in [0.25, 0.3) is 0 Å². The molecule has 0 fully saturated rings. The lowest BCUT2D eigenvalue weighted by atomic mass is 10.2. The van der Waals surface area contributed by atoms with Crippen LogP contribution in [0.1, 0.15) is 25.5 Å². The van der Waals surface area contributed by atoms with E-state index in [4.69, 9.17) is 5.11 Å². The van der Waals surface area contributed by atoms with Gasteiger partial charge in [-0.15, -0.1) is 0 Å². The molecule has 1 rings (SSSR count). The summed E-state index contributed by atoms with van der Waals surface area (Å²) in [5.41, 5.74) is -1.02. The molecule has 1 aromatic heterocycles. The number of alkyl halides is 3. The monoisotopic (exact) mass is 279 g/mol. The highest BCUT2D eigenvalue weighted by atomic mass is 19.4. The van der Waals surface area contributed by atoms with Gasteiger partial charge in [0.2, 0.25) is 5.91 Å². The molecule has 1 amide bonds. The van der Waals surface area contributed by atoms with Crippen LogP contribution in [-0.2, 0) is 17.5 Å². The topological polar surface area (TPSA) is 67.2 Å². The number of hydrogen-bond donors (Lipinski definition) is 2. The van der Waals surface area contributed by atoms with Gasteiger partial charge in [-0.1, -0.05) is 0 Å². The Morgan fingerprint density at radius 3 is 2.79 bits per heavy atom. The zero-order chi connectivity index (χ0) is 14.5. The maximum Gasteiger partial charge on any atom is 0.435 e. The number of amides is 1. The number of aliphatic hydroxyl groups excluding tert-OH is 1. The van der Waals surface area contributed by atoms with Crippen LogP contribution in [0, 0.1) is 0 Å². The van der Waals surface area contributed by atoms with E-state index < -0.39 is 17.8 Å². The van der Waals surface area contributed by atoms with Crippen molar-refractivity contribution in [3.8, 4) is 0 Å². The van der Waals surface area contributed by atoms with Gasteiger partial charge in [0.15, 0.2) is 5.69 Å². The van der Waals surface area contributed by atoms with Crippen LogP contribution in [-0.4, -0.2) is 33.4 Å². The molecule has 0 saturated heterocycles. The van der Waals surface area contributed by atoms with Gasteiger partial charge in [-0.05, 0) is 25.8 Å². The normalized spacial score (nSPS) is 13.3. The number of nitrogens with zero attached hydrogens (tertiary/aromatic N) is 2. The first-order valence-electron chi connectivity index (χ1n) is 5.84. The van der Waals surface area contributed by atoms with Gasteiger partial charge < -0.3 is 10.4 Å². The van der Waals surface area contributed by atoms with E-state index in [0.717, 1.165) is 16.9 Å². The van der Waals surface area contributed by atoms with E-state index in [1.165, 1.54) is 0 Å². The molecule has 8 heteroatoms. The Morgan fingerprint density at radius 1 is 1.58 bits per heavy atom. The molecule has 0 bridgehead atoms. The molecular formula is C11H16F3N3O2. The average molecular weight is 279 g/mol. The number of rotatable bonds is 6. The van der Waals surface area contributed by atoms with Crippen LogP contribution >= 0.6 is 0 Å². The molecule has 0 saturated carbocycles. The minimum absolute atomic E-state index is 0.0360. The minimum Gasteiger partial charge on any atom is -0.396 e. The Hall–Kier alpha value is -1.57. The predicted octanol–water partition coefficient (Wildman–Crippen LogP) is 1.18. The van der Waals surface area contributed by atoms with E-state index in [9.17, 15) is 18.0 Å². The maximum atomic E-state index is 12.3. The third-order valence-corrected chi connectivity index (χ3v) is 2.44. The SMILES string of the molecule is CC(CCCO)NC(=O)Cn1ccc(C(F)(F)F)n1. The summed E-state index contributed by atoms with van der Waals surface area (Å²) in [6.07, 6.45) is -2.23. The zero-order valence-corrected chi connectivity index (χ0v) is 10.4. The van der Waals surface area contributed by atoms with Crippen LogP contribution in [0.3, 0.4) is 0 Å². The van der Waals surface area contributed by atoms with Crippen LogP contribution in [0.15, 0.2) is 12.3 Å². The molecule has 1 unspecified atom stereocenters. The molecule has 0 spiro atoms. The zero-order valence-electron chi connectivity index (χ0n) is 10.4. The molecule has 5 nitrogen and oxygen atoms in total. The quantitative estimate of drug-likeness (QED) is 0.821. The van der Waals surface area contributed by atoms with Gasteiger partial charge in [0.1, 0.15) is 6.54 Å². The van der Waals surface area contributed by atoms with Gasteiger partial charge >= 0.3 is 6.18 Å². The maximum absolute atomic E-state index is 12.3. The smallest absolute Gasteiger partial charge is 0.396 e. The molecule has 0 aliphatic rings. The Balaban J connectivity index is 2.46. The molecule has 0 aliphatic heterocycles. The van der Waals surface area contributed by atoms with Crippen molar-refractivity contribution in [3.63, 3.8) is 0 Å². The first-order chi connectivity index (χ1) is 8.82. The van der Waals surface area contributed by atoms with Crippen LogP contribution in [0.4, 0.5) is 13.2 Å².